The molecule has 0 radical (unpaired) electrons. The van der Waals surface area contributed by atoms with Crippen LogP contribution in [-0.2, 0) is 6.54 Å². The number of pyridine rings is 1. The quantitative estimate of drug-likeness (QED) is 0.837. The highest BCUT2D eigenvalue weighted by Crippen LogP contribution is 2.25. The third kappa shape index (κ3) is 2.63. The lowest BCUT2D eigenvalue weighted by Gasteiger charge is -2.16. The standard InChI is InChI=1S/C10H11F3N4O/c11-10(12,13)7-5-17(9(18)16-7)4-6-1-2-15-8(14)3-6/h1-3,7H,4-5H2,(H2,14,15)(H,16,18)/t7-/m0/s1. The molecule has 98 valence electrons. The van der Waals surface area contributed by atoms with Crippen LogP contribution < -0.4 is 11.1 Å². The predicted octanol–water partition coefficient (Wildman–Crippen LogP) is 1.12. The second-order valence-electron chi connectivity index (χ2n) is 4.01. The molecule has 2 rings (SSSR count). The van der Waals surface area contributed by atoms with Crippen molar-refractivity contribution in [2.75, 3.05) is 12.3 Å². The van der Waals surface area contributed by atoms with Gasteiger partial charge in [0, 0.05) is 12.7 Å². The van der Waals surface area contributed by atoms with E-state index in [1.54, 1.807) is 6.07 Å². The van der Waals surface area contributed by atoms with Gasteiger partial charge in [0.25, 0.3) is 0 Å². The van der Waals surface area contributed by atoms with Gasteiger partial charge < -0.3 is 16.0 Å². The summed E-state index contributed by atoms with van der Waals surface area (Å²) in [5, 5.41) is 1.89. The lowest BCUT2D eigenvalue weighted by Crippen LogP contribution is -2.40. The third-order valence-electron chi connectivity index (χ3n) is 2.60. The summed E-state index contributed by atoms with van der Waals surface area (Å²) >= 11 is 0. The average Bonchev–Trinajstić information content (AvgIpc) is 2.60. The minimum absolute atomic E-state index is 0.0745. The third-order valence-corrected chi connectivity index (χ3v) is 2.60. The number of carbonyl (C=O) groups is 1. The van der Waals surface area contributed by atoms with Gasteiger partial charge in [0.15, 0.2) is 0 Å². The molecule has 8 heteroatoms. The van der Waals surface area contributed by atoms with Crippen molar-refractivity contribution in [2.45, 2.75) is 18.8 Å². The molecule has 1 aromatic rings. The Balaban J connectivity index is 2.05. The van der Waals surface area contributed by atoms with Crippen LogP contribution >= 0.6 is 0 Å². The van der Waals surface area contributed by atoms with E-state index in [1.807, 2.05) is 5.32 Å². The Bertz CT molecular complexity index is 463. The van der Waals surface area contributed by atoms with Crippen molar-refractivity contribution in [3.8, 4) is 0 Å². The van der Waals surface area contributed by atoms with Crippen molar-refractivity contribution < 1.29 is 18.0 Å². The summed E-state index contributed by atoms with van der Waals surface area (Å²) in [6.45, 7) is -0.324. The molecule has 1 aliphatic heterocycles. The predicted molar refractivity (Wildman–Crippen MR) is 57.4 cm³/mol. The molecule has 3 N–H and O–H groups in total. The van der Waals surface area contributed by atoms with Gasteiger partial charge in [-0.2, -0.15) is 13.2 Å². The highest BCUT2D eigenvalue weighted by atomic mass is 19.4. The van der Waals surface area contributed by atoms with Crippen LogP contribution in [0.5, 0.6) is 0 Å². The van der Waals surface area contributed by atoms with Gasteiger partial charge in [0.05, 0.1) is 6.54 Å². The number of urea groups is 1. The number of nitrogens with one attached hydrogen (secondary N) is 1. The first kappa shape index (κ1) is 12.5. The van der Waals surface area contributed by atoms with Crippen molar-refractivity contribution in [1.82, 2.24) is 15.2 Å². The summed E-state index contributed by atoms with van der Waals surface area (Å²) in [7, 11) is 0. The number of hydrogen-bond donors (Lipinski definition) is 2. The SMILES string of the molecule is Nc1cc(CN2C[C@@H](C(F)(F)F)NC2=O)ccn1. The molecule has 1 atom stereocenters. The highest BCUT2D eigenvalue weighted by molar-refractivity contribution is 5.77. The molecule has 5 nitrogen and oxygen atoms in total. The van der Waals surface area contributed by atoms with Crippen LogP contribution in [0.1, 0.15) is 5.56 Å². The first-order valence-electron chi connectivity index (χ1n) is 5.19. The number of carbonyl (C=O) groups excluding carboxylic acids is 1. The lowest BCUT2D eigenvalue weighted by molar-refractivity contribution is -0.149. The molecular formula is C10H11F3N4O. The number of nitrogen functional groups attached to an aromatic ring is 1. The highest BCUT2D eigenvalue weighted by Gasteiger charge is 2.46. The second kappa shape index (κ2) is 4.35. The molecule has 0 unspecified atom stereocenters. The van der Waals surface area contributed by atoms with E-state index in [1.165, 1.54) is 12.3 Å². The van der Waals surface area contributed by atoms with E-state index >= 15 is 0 Å². The van der Waals surface area contributed by atoms with Crippen LogP contribution in [0.15, 0.2) is 18.3 Å². The van der Waals surface area contributed by atoms with Gasteiger partial charge in [-0.05, 0) is 17.7 Å². The Morgan fingerprint density at radius 3 is 2.83 bits per heavy atom. The van der Waals surface area contributed by atoms with E-state index in [-0.39, 0.29) is 12.4 Å². The van der Waals surface area contributed by atoms with E-state index in [0.717, 1.165) is 4.90 Å². The fraction of sp³-hybridized carbons (Fsp3) is 0.400. The van der Waals surface area contributed by atoms with Crippen LogP contribution in [0.2, 0.25) is 0 Å². The molecule has 0 aliphatic carbocycles. The van der Waals surface area contributed by atoms with E-state index in [4.69, 9.17) is 5.73 Å². The number of rotatable bonds is 2. The molecule has 1 fully saturated rings. The van der Waals surface area contributed by atoms with Crippen LogP contribution in [0.4, 0.5) is 23.8 Å². The fourth-order valence-corrected chi connectivity index (χ4v) is 1.72. The molecule has 1 saturated heterocycles. The normalized spacial score (nSPS) is 20.1. The monoisotopic (exact) mass is 260 g/mol. The van der Waals surface area contributed by atoms with Gasteiger partial charge >= 0.3 is 12.2 Å². The van der Waals surface area contributed by atoms with Crippen molar-refractivity contribution in [3.63, 3.8) is 0 Å². The molecule has 0 aromatic carbocycles. The zero-order valence-electron chi connectivity index (χ0n) is 9.24. The maximum Gasteiger partial charge on any atom is 0.410 e. The minimum atomic E-state index is -4.43. The molecule has 2 amide bonds. The van der Waals surface area contributed by atoms with Gasteiger partial charge in [-0.1, -0.05) is 0 Å². The summed E-state index contributed by atoms with van der Waals surface area (Å²) in [6, 6.07) is 0.579. The molecule has 1 aliphatic rings. The van der Waals surface area contributed by atoms with E-state index in [0.29, 0.717) is 5.56 Å². The summed E-state index contributed by atoms with van der Waals surface area (Å²) in [5.74, 6) is 0.263. The van der Waals surface area contributed by atoms with Gasteiger partial charge in [0.2, 0.25) is 0 Å². The largest absolute Gasteiger partial charge is 0.410 e. The second-order valence-corrected chi connectivity index (χ2v) is 4.01. The Hall–Kier alpha value is -1.99. The Morgan fingerprint density at radius 1 is 1.56 bits per heavy atom. The van der Waals surface area contributed by atoms with Gasteiger partial charge in [0.1, 0.15) is 11.9 Å². The smallest absolute Gasteiger partial charge is 0.384 e. The van der Waals surface area contributed by atoms with E-state index in [9.17, 15) is 18.0 Å². The maximum absolute atomic E-state index is 12.4. The topological polar surface area (TPSA) is 71.2 Å². The summed E-state index contributed by atoms with van der Waals surface area (Å²) in [6.07, 6.45) is -2.98. The fourth-order valence-electron chi connectivity index (χ4n) is 1.72. The van der Waals surface area contributed by atoms with Crippen LogP contribution in [0, 0.1) is 0 Å². The molecule has 0 spiro atoms. The Morgan fingerprint density at radius 2 is 2.28 bits per heavy atom. The lowest BCUT2D eigenvalue weighted by atomic mass is 10.2. The minimum Gasteiger partial charge on any atom is -0.384 e. The summed E-state index contributed by atoms with van der Waals surface area (Å²) in [4.78, 5) is 16.2. The molecule has 0 bridgehead atoms. The van der Waals surface area contributed by atoms with E-state index in [2.05, 4.69) is 4.98 Å². The molecule has 1 aromatic heterocycles. The number of hydrogen-bond acceptors (Lipinski definition) is 3. The molecular weight excluding hydrogens is 249 g/mol. The zero-order chi connectivity index (χ0) is 13.3. The maximum atomic E-state index is 12.4. The first-order valence-corrected chi connectivity index (χ1v) is 5.19. The van der Waals surface area contributed by atoms with Crippen LogP contribution in [0.25, 0.3) is 0 Å². The van der Waals surface area contributed by atoms with Gasteiger partial charge in [-0.25, -0.2) is 9.78 Å². The number of aromatic nitrogens is 1. The number of nitrogens with zero attached hydrogens (tertiary/aromatic N) is 2. The molecule has 0 saturated carbocycles. The van der Waals surface area contributed by atoms with Crippen molar-refractivity contribution in [3.05, 3.63) is 23.9 Å². The van der Waals surface area contributed by atoms with Gasteiger partial charge in [-0.3, -0.25) is 0 Å². The molecule has 2 heterocycles. The van der Waals surface area contributed by atoms with E-state index < -0.39 is 24.8 Å². The zero-order valence-corrected chi connectivity index (χ0v) is 9.24. The summed E-state index contributed by atoms with van der Waals surface area (Å²) in [5.41, 5.74) is 6.09. The molecule has 18 heavy (non-hydrogen) atoms. The van der Waals surface area contributed by atoms with Crippen molar-refractivity contribution in [1.29, 1.82) is 0 Å². The van der Waals surface area contributed by atoms with Gasteiger partial charge in [-0.15, -0.1) is 0 Å². The van der Waals surface area contributed by atoms with Crippen LogP contribution in [0.3, 0.4) is 0 Å². The number of nitrogens with two attached hydrogens (primary N) is 1. The Labute approximate surface area is 101 Å². The Kier molecular flexibility index (Phi) is 3.02. The number of halogens is 3. The number of anilines is 1. The average molecular weight is 260 g/mol. The van der Waals surface area contributed by atoms with Crippen LogP contribution in [-0.4, -0.2) is 34.7 Å². The van der Waals surface area contributed by atoms with Crippen molar-refractivity contribution >= 4 is 11.8 Å². The summed E-state index contributed by atoms with van der Waals surface area (Å²) < 4.78 is 37.3. The number of amides is 2. The van der Waals surface area contributed by atoms with Crippen molar-refractivity contribution in [2.24, 2.45) is 0 Å². The number of alkyl halides is 3. The first-order chi connectivity index (χ1) is 8.36.